The zero-order valence-corrected chi connectivity index (χ0v) is 23.1. The molecule has 10 nitrogen and oxygen atoms in total. The Balaban J connectivity index is 1.76. The molecule has 0 spiro atoms. The highest BCUT2D eigenvalue weighted by Gasteiger charge is 2.27. The van der Waals surface area contributed by atoms with E-state index in [0.717, 1.165) is 22.1 Å². The van der Waals surface area contributed by atoms with E-state index < -0.39 is 27.7 Å². The van der Waals surface area contributed by atoms with E-state index >= 15 is 0 Å². The van der Waals surface area contributed by atoms with Gasteiger partial charge in [0.15, 0.2) is 9.84 Å². The van der Waals surface area contributed by atoms with Gasteiger partial charge in [0.1, 0.15) is 6.04 Å². The van der Waals surface area contributed by atoms with Crippen molar-refractivity contribution in [2.45, 2.75) is 37.6 Å². The number of sulfone groups is 1. The number of rotatable bonds is 10. The van der Waals surface area contributed by atoms with E-state index in [1.165, 1.54) is 12.1 Å². The second kappa shape index (κ2) is 14.5. The minimum atomic E-state index is -3.86. The maximum atomic E-state index is 13.3. The van der Waals surface area contributed by atoms with Crippen LogP contribution in [-0.2, 0) is 30.6 Å². The first-order valence-electron chi connectivity index (χ1n) is 12.9. The van der Waals surface area contributed by atoms with Crippen molar-refractivity contribution in [1.29, 1.82) is 0 Å². The van der Waals surface area contributed by atoms with Gasteiger partial charge < -0.3 is 15.0 Å². The Morgan fingerprint density at radius 3 is 2.23 bits per heavy atom. The molecule has 1 saturated heterocycles. The van der Waals surface area contributed by atoms with Crippen molar-refractivity contribution < 1.29 is 27.5 Å². The predicted octanol–water partition coefficient (Wildman–Crippen LogP) is 2.53. The van der Waals surface area contributed by atoms with Gasteiger partial charge in [-0.2, -0.15) is 0 Å². The third-order valence-electron chi connectivity index (χ3n) is 6.06. The standard InChI is InChI=1S/C28H36N4O6S/c1-22(2)21-25(29-28(35)31-16-18-38-19-17-31)27(34)30-32(15-13-23-9-5-3-6-10-23)26(33)14-20-39(36,37)24-11-7-4-8-12-24/h3-12,14,20,22,25H,13,15-19,21H2,1-2H3,(H,29,35)(H,30,34)/b20-14+/t25-/m0/s1. The number of nitrogens with one attached hydrogen (secondary N) is 2. The van der Waals surface area contributed by atoms with Crippen LogP contribution in [0, 0.1) is 5.92 Å². The summed E-state index contributed by atoms with van der Waals surface area (Å²) in [5.41, 5.74) is 3.55. The van der Waals surface area contributed by atoms with Crippen molar-refractivity contribution in [1.82, 2.24) is 20.7 Å². The molecule has 4 amide bonds. The Kier molecular flexibility index (Phi) is 11.1. The molecule has 0 unspecified atom stereocenters. The Morgan fingerprint density at radius 2 is 1.62 bits per heavy atom. The van der Waals surface area contributed by atoms with Gasteiger partial charge in [-0.15, -0.1) is 0 Å². The molecule has 2 N–H and O–H groups in total. The molecule has 0 aromatic heterocycles. The highest BCUT2D eigenvalue weighted by atomic mass is 32.2. The summed E-state index contributed by atoms with van der Waals surface area (Å²) in [5.74, 6) is -1.19. The summed E-state index contributed by atoms with van der Waals surface area (Å²) in [7, 11) is -3.86. The number of nitrogens with zero attached hydrogens (tertiary/aromatic N) is 2. The summed E-state index contributed by atoms with van der Waals surface area (Å²) in [4.78, 5) is 40.9. The molecular formula is C28H36N4O6S. The van der Waals surface area contributed by atoms with Crippen molar-refractivity contribution in [3.63, 3.8) is 0 Å². The van der Waals surface area contributed by atoms with Crippen LogP contribution in [-0.4, -0.2) is 75.1 Å². The number of urea groups is 1. The average Bonchev–Trinajstić information content (AvgIpc) is 2.94. The summed E-state index contributed by atoms with van der Waals surface area (Å²) in [6.07, 6.45) is 1.69. The monoisotopic (exact) mass is 556 g/mol. The fraction of sp³-hybridized carbons (Fsp3) is 0.393. The lowest BCUT2D eigenvalue weighted by molar-refractivity contribution is -0.139. The number of carbonyl (C=O) groups is 3. The van der Waals surface area contributed by atoms with Crippen LogP contribution in [0.15, 0.2) is 77.0 Å². The summed E-state index contributed by atoms with van der Waals surface area (Å²) < 4.78 is 30.6. The normalized spacial score (nSPS) is 14.7. The highest BCUT2D eigenvalue weighted by Crippen LogP contribution is 2.12. The second-order valence-electron chi connectivity index (χ2n) is 9.59. The van der Waals surface area contributed by atoms with Gasteiger partial charge in [-0.05, 0) is 36.5 Å². The summed E-state index contributed by atoms with van der Waals surface area (Å²) in [5, 5.41) is 4.70. The van der Waals surface area contributed by atoms with E-state index in [0.29, 0.717) is 39.1 Å². The summed E-state index contributed by atoms with van der Waals surface area (Å²) in [6, 6.07) is 15.9. The van der Waals surface area contributed by atoms with Crippen LogP contribution in [0.4, 0.5) is 4.79 Å². The van der Waals surface area contributed by atoms with Crippen LogP contribution in [0.2, 0.25) is 0 Å². The van der Waals surface area contributed by atoms with Gasteiger partial charge in [0.25, 0.3) is 11.8 Å². The fourth-order valence-electron chi connectivity index (χ4n) is 3.95. The van der Waals surface area contributed by atoms with Gasteiger partial charge in [-0.1, -0.05) is 62.4 Å². The van der Waals surface area contributed by atoms with E-state index in [4.69, 9.17) is 4.74 Å². The van der Waals surface area contributed by atoms with Gasteiger partial charge in [-0.3, -0.25) is 20.0 Å². The molecule has 1 fully saturated rings. The smallest absolute Gasteiger partial charge is 0.318 e. The van der Waals surface area contributed by atoms with Crippen molar-refractivity contribution in [3.8, 4) is 0 Å². The Labute approximate surface area is 229 Å². The quantitative estimate of drug-likeness (QED) is 0.342. The molecule has 0 saturated carbocycles. The lowest BCUT2D eigenvalue weighted by Gasteiger charge is -2.30. The van der Waals surface area contributed by atoms with E-state index in [9.17, 15) is 22.8 Å². The lowest BCUT2D eigenvalue weighted by atomic mass is 10.0. The molecule has 2 aromatic carbocycles. The number of amides is 4. The number of hydrazine groups is 1. The molecule has 1 aliphatic heterocycles. The van der Waals surface area contributed by atoms with Gasteiger partial charge in [0, 0.05) is 31.1 Å². The topological polar surface area (TPSA) is 125 Å². The molecule has 1 atom stereocenters. The molecule has 39 heavy (non-hydrogen) atoms. The number of ether oxygens (including phenoxy) is 1. The summed E-state index contributed by atoms with van der Waals surface area (Å²) >= 11 is 0. The molecule has 0 bridgehead atoms. The van der Waals surface area contributed by atoms with Crippen LogP contribution in [0.25, 0.3) is 0 Å². The number of carbonyl (C=O) groups excluding carboxylic acids is 3. The predicted molar refractivity (Wildman–Crippen MR) is 147 cm³/mol. The minimum absolute atomic E-state index is 0.0525. The van der Waals surface area contributed by atoms with Crippen LogP contribution in [0.5, 0.6) is 0 Å². The van der Waals surface area contributed by atoms with Crippen LogP contribution < -0.4 is 10.7 Å². The Bertz CT molecular complexity index is 1230. The van der Waals surface area contributed by atoms with Gasteiger partial charge >= 0.3 is 6.03 Å². The molecular weight excluding hydrogens is 520 g/mol. The molecule has 0 radical (unpaired) electrons. The van der Waals surface area contributed by atoms with Crippen LogP contribution in [0.3, 0.4) is 0 Å². The largest absolute Gasteiger partial charge is 0.378 e. The molecule has 11 heteroatoms. The maximum Gasteiger partial charge on any atom is 0.318 e. The van der Waals surface area contributed by atoms with Crippen LogP contribution >= 0.6 is 0 Å². The van der Waals surface area contributed by atoms with Crippen molar-refractivity contribution in [3.05, 3.63) is 77.7 Å². The second-order valence-corrected chi connectivity index (χ2v) is 11.4. The van der Waals surface area contributed by atoms with E-state index in [2.05, 4.69) is 10.7 Å². The zero-order chi connectivity index (χ0) is 28.3. The third-order valence-corrected chi connectivity index (χ3v) is 7.48. The first kappa shape index (κ1) is 29.9. The Morgan fingerprint density at radius 1 is 1.00 bits per heavy atom. The van der Waals surface area contributed by atoms with E-state index in [1.54, 1.807) is 23.1 Å². The fourth-order valence-corrected chi connectivity index (χ4v) is 4.94. The van der Waals surface area contributed by atoms with Crippen molar-refractivity contribution >= 4 is 27.7 Å². The van der Waals surface area contributed by atoms with Crippen LogP contribution in [0.1, 0.15) is 25.8 Å². The first-order valence-corrected chi connectivity index (χ1v) is 14.5. The van der Waals surface area contributed by atoms with Crippen molar-refractivity contribution in [2.24, 2.45) is 5.92 Å². The number of hydrogen-bond acceptors (Lipinski definition) is 6. The first-order chi connectivity index (χ1) is 18.7. The van der Waals surface area contributed by atoms with E-state index in [1.807, 2.05) is 44.2 Å². The summed E-state index contributed by atoms with van der Waals surface area (Å²) in [6.45, 7) is 5.64. The zero-order valence-electron chi connectivity index (χ0n) is 22.3. The lowest BCUT2D eigenvalue weighted by Crippen LogP contribution is -2.57. The third kappa shape index (κ3) is 9.52. The Hall–Kier alpha value is -3.70. The molecule has 1 heterocycles. The number of hydrogen-bond donors (Lipinski definition) is 2. The number of benzene rings is 2. The minimum Gasteiger partial charge on any atom is -0.378 e. The molecule has 2 aromatic rings. The molecule has 0 aliphatic carbocycles. The average molecular weight is 557 g/mol. The van der Waals surface area contributed by atoms with Crippen molar-refractivity contribution in [2.75, 3.05) is 32.8 Å². The molecule has 1 aliphatic rings. The van der Waals surface area contributed by atoms with Gasteiger partial charge in [0.2, 0.25) is 0 Å². The molecule has 3 rings (SSSR count). The SMILES string of the molecule is CC(C)C[C@H](NC(=O)N1CCOCC1)C(=O)NN(CCc1ccccc1)C(=O)/C=C/S(=O)(=O)c1ccccc1. The van der Waals surface area contributed by atoms with Gasteiger partial charge in [-0.25, -0.2) is 13.2 Å². The van der Waals surface area contributed by atoms with E-state index in [-0.39, 0.29) is 23.4 Å². The maximum absolute atomic E-state index is 13.3. The van der Waals surface area contributed by atoms with Gasteiger partial charge in [0.05, 0.1) is 18.1 Å². The molecule has 210 valence electrons. The number of morpholine rings is 1. The highest BCUT2D eigenvalue weighted by molar-refractivity contribution is 7.94.